The van der Waals surface area contributed by atoms with Gasteiger partial charge < -0.3 is 5.32 Å². The van der Waals surface area contributed by atoms with Crippen molar-refractivity contribution in [2.75, 3.05) is 10.7 Å². The first-order chi connectivity index (χ1) is 9.26. The summed E-state index contributed by atoms with van der Waals surface area (Å²) in [7, 11) is 0. The van der Waals surface area contributed by atoms with E-state index in [9.17, 15) is 0 Å². The minimum Gasteiger partial charge on any atom is -0.363 e. The van der Waals surface area contributed by atoms with E-state index in [1.54, 1.807) is 17.5 Å². The molecule has 0 radical (unpaired) electrons. The van der Waals surface area contributed by atoms with Gasteiger partial charge in [-0.15, -0.1) is 11.3 Å². The number of rotatable bonds is 4. The molecule has 3 aromatic rings. The predicted octanol–water partition coefficient (Wildman–Crippen LogP) is 1.02. The summed E-state index contributed by atoms with van der Waals surface area (Å²) in [5.41, 5.74) is 4.07. The maximum Gasteiger partial charge on any atom is 0.241 e. The first kappa shape index (κ1) is 11.8. The Kier molecular flexibility index (Phi) is 2.97. The predicted molar refractivity (Wildman–Crippen MR) is 73.7 cm³/mol. The number of H-pyrrole nitrogens is 1. The molecule has 5 N–H and O–H groups in total. The molecule has 3 aromatic heterocycles. The van der Waals surface area contributed by atoms with Gasteiger partial charge in [-0.05, 0) is 6.92 Å². The third-order valence-corrected chi connectivity index (χ3v) is 3.48. The Morgan fingerprint density at radius 1 is 1.37 bits per heavy atom. The molecule has 19 heavy (non-hydrogen) atoms. The summed E-state index contributed by atoms with van der Waals surface area (Å²) in [6.45, 7) is 2.56. The van der Waals surface area contributed by atoms with Crippen molar-refractivity contribution in [1.29, 1.82) is 0 Å². The molecule has 0 aromatic carbocycles. The number of nitrogens with two attached hydrogens (primary N) is 1. The van der Waals surface area contributed by atoms with Gasteiger partial charge >= 0.3 is 0 Å². The van der Waals surface area contributed by atoms with E-state index in [2.05, 4.69) is 35.9 Å². The molecule has 9 heteroatoms. The average Bonchev–Trinajstić information content (AvgIpc) is 3.04. The molecule has 0 saturated heterocycles. The molecule has 3 rings (SSSR count). The van der Waals surface area contributed by atoms with Gasteiger partial charge in [0, 0.05) is 11.1 Å². The van der Waals surface area contributed by atoms with Gasteiger partial charge in [-0.2, -0.15) is 15.1 Å². The Hall–Kier alpha value is -2.26. The molecular formula is C10H12N8S. The highest BCUT2D eigenvalue weighted by Crippen LogP contribution is 2.20. The van der Waals surface area contributed by atoms with E-state index in [0.29, 0.717) is 24.0 Å². The van der Waals surface area contributed by atoms with Crippen molar-refractivity contribution >= 4 is 34.1 Å². The highest BCUT2D eigenvalue weighted by atomic mass is 32.1. The number of nitrogens with one attached hydrogen (secondary N) is 3. The van der Waals surface area contributed by atoms with Crippen LogP contribution in [0.15, 0.2) is 11.6 Å². The van der Waals surface area contributed by atoms with Gasteiger partial charge in [-0.3, -0.25) is 10.5 Å². The van der Waals surface area contributed by atoms with Crippen LogP contribution in [0.1, 0.15) is 10.7 Å². The van der Waals surface area contributed by atoms with E-state index in [-0.39, 0.29) is 0 Å². The number of fused-ring (bicyclic) bond motifs is 1. The molecule has 0 spiro atoms. The molecule has 0 saturated carbocycles. The highest BCUT2D eigenvalue weighted by molar-refractivity contribution is 7.09. The molecule has 98 valence electrons. The number of aromatic nitrogens is 5. The van der Waals surface area contributed by atoms with Crippen molar-refractivity contribution in [3.8, 4) is 0 Å². The number of nitrogens with zero attached hydrogens (tertiary/aromatic N) is 4. The van der Waals surface area contributed by atoms with Gasteiger partial charge in [0.1, 0.15) is 10.8 Å². The minimum atomic E-state index is 0.328. The maximum atomic E-state index is 5.34. The van der Waals surface area contributed by atoms with Crippen LogP contribution in [0, 0.1) is 6.92 Å². The number of hydrogen-bond donors (Lipinski definition) is 4. The lowest BCUT2D eigenvalue weighted by Gasteiger charge is -2.06. The lowest BCUT2D eigenvalue weighted by Crippen LogP contribution is -2.12. The second kappa shape index (κ2) is 4.78. The van der Waals surface area contributed by atoms with E-state index < -0.39 is 0 Å². The summed E-state index contributed by atoms with van der Waals surface area (Å²) in [5.74, 6) is 6.34. The van der Waals surface area contributed by atoms with Crippen molar-refractivity contribution in [3.05, 3.63) is 22.3 Å². The molecule has 0 atom stereocenters. The summed E-state index contributed by atoms with van der Waals surface area (Å²) in [4.78, 5) is 12.8. The SMILES string of the molecule is Cc1csc(CNc2nc(NN)nc3[nH]ncc23)n1. The molecule has 0 aliphatic rings. The summed E-state index contributed by atoms with van der Waals surface area (Å²) < 4.78 is 0. The van der Waals surface area contributed by atoms with Crippen molar-refractivity contribution in [3.63, 3.8) is 0 Å². The van der Waals surface area contributed by atoms with Crippen LogP contribution in [0.25, 0.3) is 11.0 Å². The van der Waals surface area contributed by atoms with Gasteiger partial charge in [0.15, 0.2) is 5.65 Å². The Morgan fingerprint density at radius 3 is 3.00 bits per heavy atom. The van der Waals surface area contributed by atoms with Gasteiger partial charge in [-0.25, -0.2) is 10.8 Å². The number of aromatic amines is 1. The van der Waals surface area contributed by atoms with Crippen molar-refractivity contribution in [2.45, 2.75) is 13.5 Å². The van der Waals surface area contributed by atoms with Crippen LogP contribution < -0.4 is 16.6 Å². The second-order valence-electron chi connectivity index (χ2n) is 3.91. The van der Waals surface area contributed by atoms with Crippen molar-refractivity contribution in [2.24, 2.45) is 5.84 Å². The van der Waals surface area contributed by atoms with Crippen LogP contribution in [-0.2, 0) is 6.54 Å². The highest BCUT2D eigenvalue weighted by Gasteiger charge is 2.09. The van der Waals surface area contributed by atoms with Crippen LogP contribution in [0.2, 0.25) is 0 Å². The minimum absolute atomic E-state index is 0.328. The van der Waals surface area contributed by atoms with E-state index in [1.807, 2.05) is 12.3 Å². The van der Waals surface area contributed by atoms with Crippen molar-refractivity contribution in [1.82, 2.24) is 25.1 Å². The smallest absolute Gasteiger partial charge is 0.241 e. The molecule has 0 bridgehead atoms. The van der Waals surface area contributed by atoms with Crippen LogP contribution in [-0.4, -0.2) is 25.1 Å². The summed E-state index contributed by atoms with van der Waals surface area (Å²) in [5, 5.41) is 13.8. The maximum absolute atomic E-state index is 5.34. The quantitative estimate of drug-likeness (QED) is 0.415. The molecule has 3 heterocycles. The molecule has 0 amide bonds. The topological polar surface area (TPSA) is 117 Å². The summed E-state index contributed by atoms with van der Waals surface area (Å²) >= 11 is 1.61. The van der Waals surface area contributed by atoms with E-state index in [0.717, 1.165) is 16.1 Å². The third kappa shape index (κ3) is 2.33. The van der Waals surface area contributed by atoms with Crippen molar-refractivity contribution < 1.29 is 0 Å². The normalized spacial score (nSPS) is 10.8. The summed E-state index contributed by atoms with van der Waals surface area (Å²) in [6.07, 6.45) is 1.67. The molecule has 0 aliphatic heterocycles. The number of hydrogen-bond acceptors (Lipinski definition) is 8. The zero-order valence-electron chi connectivity index (χ0n) is 10.1. The monoisotopic (exact) mass is 276 g/mol. The zero-order valence-corrected chi connectivity index (χ0v) is 11.0. The Labute approximate surface area is 112 Å². The van der Waals surface area contributed by atoms with Crippen LogP contribution in [0.3, 0.4) is 0 Å². The number of hydrazine groups is 1. The number of aryl methyl sites for hydroxylation is 1. The Bertz CT molecular complexity index is 702. The van der Waals surface area contributed by atoms with Gasteiger partial charge in [0.25, 0.3) is 0 Å². The van der Waals surface area contributed by atoms with Gasteiger partial charge in [0.05, 0.1) is 18.1 Å². The van der Waals surface area contributed by atoms with E-state index in [1.165, 1.54) is 0 Å². The second-order valence-corrected chi connectivity index (χ2v) is 4.85. The summed E-state index contributed by atoms with van der Waals surface area (Å²) in [6, 6.07) is 0. The largest absolute Gasteiger partial charge is 0.363 e. The van der Waals surface area contributed by atoms with Gasteiger partial charge in [-0.1, -0.05) is 0 Å². The Morgan fingerprint density at radius 2 is 2.26 bits per heavy atom. The fraction of sp³-hybridized carbons (Fsp3) is 0.200. The fourth-order valence-electron chi connectivity index (χ4n) is 1.68. The fourth-order valence-corrected chi connectivity index (χ4v) is 2.39. The lowest BCUT2D eigenvalue weighted by molar-refractivity contribution is 1.05. The molecule has 0 aliphatic carbocycles. The van der Waals surface area contributed by atoms with Crippen LogP contribution >= 0.6 is 11.3 Å². The number of anilines is 2. The van der Waals surface area contributed by atoms with Crippen LogP contribution in [0.5, 0.6) is 0 Å². The van der Waals surface area contributed by atoms with Gasteiger partial charge in [0.2, 0.25) is 5.95 Å². The van der Waals surface area contributed by atoms with E-state index in [4.69, 9.17) is 5.84 Å². The molecular weight excluding hydrogens is 264 g/mol. The first-order valence-corrected chi connectivity index (χ1v) is 6.47. The Balaban J connectivity index is 1.88. The zero-order chi connectivity index (χ0) is 13.2. The number of thiazole rings is 1. The van der Waals surface area contributed by atoms with E-state index >= 15 is 0 Å². The van der Waals surface area contributed by atoms with Crippen LogP contribution in [0.4, 0.5) is 11.8 Å². The third-order valence-electron chi connectivity index (χ3n) is 2.51. The molecule has 8 nitrogen and oxygen atoms in total. The molecule has 0 fully saturated rings. The standard InChI is InChI=1S/C10H12N8S/c1-5-4-19-7(14-5)3-12-8-6-2-13-18-9(6)16-10(15-8)17-11/h2,4H,3,11H2,1H3,(H3,12,13,15,16,17,18). The number of nitrogen functional groups attached to an aromatic ring is 1. The molecule has 0 unspecified atom stereocenters. The average molecular weight is 276 g/mol. The first-order valence-electron chi connectivity index (χ1n) is 5.59. The lowest BCUT2D eigenvalue weighted by atomic mass is 10.4.